The molecule has 4 rings (SSSR count). The van der Waals surface area contributed by atoms with Gasteiger partial charge in [0.25, 0.3) is 5.91 Å². The highest BCUT2D eigenvalue weighted by molar-refractivity contribution is 5.98. The summed E-state index contributed by atoms with van der Waals surface area (Å²) in [6.45, 7) is 5.43. The van der Waals surface area contributed by atoms with E-state index in [-0.39, 0.29) is 17.4 Å². The highest BCUT2D eigenvalue weighted by atomic mass is 16.5. The topological polar surface area (TPSA) is 132 Å². The Morgan fingerprint density at radius 3 is 1.93 bits per heavy atom. The summed E-state index contributed by atoms with van der Waals surface area (Å²) in [6.07, 6.45) is 4.05. The first-order chi connectivity index (χ1) is 22.0. The zero-order valence-corrected chi connectivity index (χ0v) is 25.8. The minimum Gasteiger partial charge on any atom is -0.497 e. The van der Waals surface area contributed by atoms with Crippen molar-refractivity contribution in [3.63, 3.8) is 0 Å². The van der Waals surface area contributed by atoms with Crippen molar-refractivity contribution in [2.24, 2.45) is 10.5 Å². The molecule has 2 N–H and O–H groups in total. The lowest BCUT2D eigenvalue weighted by atomic mass is 9.95. The first-order valence-electron chi connectivity index (χ1n) is 14.2. The van der Waals surface area contributed by atoms with E-state index in [4.69, 9.17) is 14.2 Å². The normalized spacial score (nSPS) is 11.2. The molecule has 0 aliphatic rings. The van der Waals surface area contributed by atoms with Crippen molar-refractivity contribution < 1.29 is 33.4 Å². The average Bonchev–Trinajstić information content (AvgIpc) is 3.05. The van der Waals surface area contributed by atoms with Crippen molar-refractivity contribution in [2.45, 2.75) is 20.8 Å². The summed E-state index contributed by atoms with van der Waals surface area (Å²) in [5.74, 6) is -0.753. The standard InChI is InChI=1S/C36H33N3O7/c1-36(2,3)35(43)38-28-18-13-25(14-19-28)33(41)39-37-23-27-10-6-8-12-31(27)45-32(40)22-17-24-9-5-7-11-30(24)46-34(42)26-15-20-29(44-4)21-16-26/h5-23H,1-4H3,(H,38,43)(H,39,41)/b22-17+,37-23+. The molecule has 10 heteroatoms. The Hall–Kier alpha value is -6.03. The van der Waals surface area contributed by atoms with Gasteiger partial charge in [-0.1, -0.05) is 51.1 Å². The maximum absolute atomic E-state index is 12.7. The number of ether oxygens (including phenoxy) is 3. The first kappa shape index (κ1) is 32.9. The van der Waals surface area contributed by atoms with Crippen LogP contribution >= 0.6 is 0 Å². The van der Waals surface area contributed by atoms with E-state index < -0.39 is 23.3 Å². The van der Waals surface area contributed by atoms with Gasteiger partial charge in [0.05, 0.1) is 18.9 Å². The molecule has 2 amide bonds. The molecule has 4 aromatic carbocycles. The second-order valence-corrected chi connectivity index (χ2v) is 10.9. The van der Waals surface area contributed by atoms with Crippen molar-refractivity contribution in [1.29, 1.82) is 0 Å². The molecule has 0 heterocycles. The van der Waals surface area contributed by atoms with Crippen molar-refractivity contribution >= 4 is 41.7 Å². The molecular formula is C36H33N3O7. The molecule has 234 valence electrons. The first-order valence-corrected chi connectivity index (χ1v) is 14.2. The molecule has 0 bridgehead atoms. The number of carbonyl (C=O) groups excluding carboxylic acids is 4. The third kappa shape index (κ3) is 9.23. The number of para-hydroxylation sites is 2. The molecule has 0 aliphatic heterocycles. The number of amides is 2. The third-order valence-corrected chi connectivity index (χ3v) is 6.43. The van der Waals surface area contributed by atoms with Crippen molar-refractivity contribution in [3.8, 4) is 17.2 Å². The van der Waals surface area contributed by atoms with Gasteiger partial charge in [-0.2, -0.15) is 5.10 Å². The summed E-state index contributed by atoms with van der Waals surface area (Å²) >= 11 is 0. The highest BCUT2D eigenvalue weighted by Crippen LogP contribution is 2.23. The van der Waals surface area contributed by atoms with Gasteiger partial charge in [-0.05, 0) is 72.8 Å². The monoisotopic (exact) mass is 619 g/mol. The minimum absolute atomic E-state index is 0.139. The molecule has 0 saturated carbocycles. The Balaban J connectivity index is 1.36. The SMILES string of the molecule is COc1ccc(C(=O)Oc2ccccc2/C=C/C(=O)Oc2ccccc2/C=N/NC(=O)c2ccc(NC(=O)C(C)(C)C)cc2)cc1. The Morgan fingerprint density at radius 2 is 1.30 bits per heavy atom. The Kier molecular flexibility index (Phi) is 10.8. The number of hydrogen-bond acceptors (Lipinski definition) is 8. The summed E-state index contributed by atoms with van der Waals surface area (Å²) in [4.78, 5) is 50.1. The van der Waals surface area contributed by atoms with Gasteiger partial charge in [0.2, 0.25) is 5.91 Å². The lowest BCUT2D eigenvalue weighted by Crippen LogP contribution is -2.27. The number of rotatable bonds is 10. The molecule has 0 fully saturated rings. The van der Waals surface area contributed by atoms with Gasteiger partial charge in [-0.25, -0.2) is 15.0 Å². The maximum Gasteiger partial charge on any atom is 0.343 e. The van der Waals surface area contributed by atoms with Crippen LogP contribution in [0.2, 0.25) is 0 Å². The number of carbonyl (C=O) groups is 4. The van der Waals surface area contributed by atoms with Gasteiger partial charge in [-0.3, -0.25) is 9.59 Å². The van der Waals surface area contributed by atoms with E-state index in [0.29, 0.717) is 33.7 Å². The van der Waals surface area contributed by atoms with E-state index >= 15 is 0 Å². The largest absolute Gasteiger partial charge is 0.497 e. The Bertz CT molecular complexity index is 1770. The Morgan fingerprint density at radius 1 is 0.717 bits per heavy atom. The van der Waals surface area contributed by atoms with Crippen molar-refractivity contribution in [3.05, 3.63) is 125 Å². The second kappa shape index (κ2) is 15.1. The van der Waals surface area contributed by atoms with E-state index in [1.807, 2.05) is 20.8 Å². The Labute approximate surface area is 266 Å². The number of benzene rings is 4. The fraction of sp³-hybridized carbons (Fsp3) is 0.139. The lowest BCUT2D eigenvalue weighted by Gasteiger charge is -2.17. The van der Waals surface area contributed by atoms with Gasteiger partial charge in [0.15, 0.2) is 0 Å². The van der Waals surface area contributed by atoms with E-state index in [9.17, 15) is 19.2 Å². The number of anilines is 1. The zero-order valence-electron chi connectivity index (χ0n) is 25.8. The summed E-state index contributed by atoms with van der Waals surface area (Å²) < 4.78 is 16.2. The van der Waals surface area contributed by atoms with Crippen LogP contribution < -0.4 is 25.0 Å². The maximum atomic E-state index is 12.7. The summed E-state index contributed by atoms with van der Waals surface area (Å²) in [7, 11) is 1.54. The van der Waals surface area contributed by atoms with Crippen LogP contribution in [0, 0.1) is 5.41 Å². The highest BCUT2D eigenvalue weighted by Gasteiger charge is 2.21. The van der Waals surface area contributed by atoms with E-state index in [2.05, 4.69) is 15.8 Å². The van der Waals surface area contributed by atoms with E-state index in [1.54, 1.807) is 97.1 Å². The fourth-order valence-electron chi connectivity index (χ4n) is 3.83. The van der Waals surface area contributed by atoms with Gasteiger partial charge in [-0.15, -0.1) is 0 Å². The summed E-state index contributed by atoms with van der Waals surface area (Å²) in [5.41, 5.74) is 4.07. The second-order valence-electron chi connectivity index (χ2n) is 10.9. The molecule has 0 radical (unpaired) electrons. The minimum atomic E-state index is -0.681. The van der Waals surface area contributed by atoms with Gasteiger partial charge >= 0.3 is 11.9 Å². The number of methoxy groups -OCH3 is 1. The number of esters is 2. The van der Waals surface area contributed by atoms with E-state index in [0.717, 1.165) is 0 Å². The lowest BCUT2D eigenvalue weighted by molar-refractivity contribution is -0.129. The third-order valence-electron chi connectivity index (χ3n) is 6.43. The molecule has 4 aromatic rings. The van der Waals surface area contributed by atoms with Crippen molar-refractivity contribution in [1.82, 2.24) is 5.43 Å². The quantitative estimate of drug-likeness (QED) is 0.0702. The van der Waals surface area contributed by atoms with Crippen LogP contribution in [0.4, 0.5) is 5.69 Å². The van der Waals surface area contributed by atoms with Gasteiger partial charge in [0, 0.05) is 33.9 Å². The smallest absolute Gasteiger partial charge is 0.343 e. The molecular weight excluding hydrogens is 586 g/mol. The number of nitrogens with zero attached hydrogens (tertiary/aromatic N) is 1. The predicted molar refractivity (Wildman–Crippen MR) is 175 cm³/mol. The van der Waals surface area contributed by atoms with E-state index in [1.165, 1.54) is 25.5 Å². The number of nitrogens with one attached hydrogen (secondary N) is 2. The number of hydrogen-bond donors (Lipinski definition) is 2. The molecule has 0 aromatic heterocycles. The van der Waals surface area contributed by atoms with Crippen LogP contribution in [0.3, 0.4) is 0 Å². The van der Waals surface area contributed by atoms with Crippen molar-refractivity contribution in [2.75, 3.05) is 12.4 Å². The van der Waals surface area contributed by atoms with Crippen LogP contribution in [-0.2, 0) is 9.59 Å². The molecule has 0 unspecified atom stereocenters. The van der Waals surface area contributed by atoms with Crippen LogP contribution in [0.25, 0.3) is 6.08 Å². The summed E-state index contributed by atoms with van der Waals surface area (Å²) in [5, 5.41) is 6.80. The van der Waals surface area contributed by atoms with Gasteiger partial charge < -0.3 is 19.5 Å². The molecule has 46 heavy (non-hydrogen) atoms. The zero-order chi connectivity index (χ0) is 33.1. The van der Waals surface area contributed by atoms with Gasteiger partial charge in [0.1, 0.15) is 17.2 Å². The summed E-state index contributed by atoms with van der Waals surface area (Å²) in [6, 6.07) is 26.4. The fourth-order valence-corrected chi connectivity index (χ4v) is 3.83. The van der Waals surface area contributed by atoms with Crippen LogP contribution in [-0.4, -0.2) is 37.1 Å². The van der Waals surface area contributed by atoms with Crippen LogP contribution in [0.5, 0.6) is 17.2 Å². The van der Waals surface area contributed by atoms with Crippen LogP contribution in [0.15, 0.2) is 108 Å². The molecule has 0 atom stereocenters. The molecule has 10 nitrogen and oxygen atoms in total. The molecule has 0 spiro atoms. The predicted octanol–water partition coefficient (Wildman–Crippen LogP) is 6.28. The average molecular weight is 620 g/mol. The van der Waals surface area contributed by atoms with Crippen LogP contribution in [0.1, 0.15) is 52.6 Å². The molecule has 0 aliphatic carbocycles. The molecule has 0 saturated heterocycles. The number of hydrazone groups is 1.